The van der Waals surface area contributed by atoms with Crippen molar-refractivity contribution in [2.45, 2.75) is 36.6 Å². The Balaban J connectivity index is 1.46. The molecule has 0 radical (unpaired) electrons. The van der Waals surface area contributed by atoms with Gasteiger partial charge in [-0.2, -0.15) is 0 Å². The molecule has 0 heterocycles. The number of methoxy groups -OCH3 is 1. The molecule has 0 spiro atoms. The van der Waals surface area contributed by atoms with Gasteiger partial charge in [-0.25, -0.2) is 8.42 Å². The Hall–Kier alpha value is -2.54. The van der Waals surface area contributed by atoms with E-state index in [4.69, 9.17) is 4.74 Å². The quantitative estimate of drug-likeness (QED) is 0.778. The van der Waals surface area contributed by atoms with Gasteiger partial charge >= 0.3 is 0 Å². The van der Waals surface area contributed by atoms with Crippen LogP contribution in [0, 0.1) is 11.8 Å². The van der Waals surface area contributed by atoms with Gasteiger partial charge in [0.05, 0.1) is 12.0 Å². The Morgan fingerprint density at radius 1 is 1.07 bits per heavy atom. The Kier molecular flexibility index (Phi) is 5.02. The van der Waals surface area contributed by atoms with Gasteiger partial charge in [0.2, 0.25) is 0 Å². The number of benzene rings is 2. The molecule has 0 aromatic heterocycles. The fourth-order valence-electron chi connectivity index (χ4n) is 4.37. The lowest BCUT2D eigenvalue weighted by Gasteiger charge is -2.23. The third-order valence-electron chi connectivity index (χ3n) is 5.80. The average Bonchev–Trinajstić information content (AvgIpc) is 3.31. The molecule has 0 saturated heterocycles. The van der Waals surface area contributed by atoms with Crippen LogP contribution in [0.1, 0.15) is 36.0 Å². The van der Waals surface area contributed by atoms with Gasteiger partial charge in [-0.05, 0) is 73.6 Å². The molecule has 3 atom stereocenters. The molecule has 2 N–H and O–H groups in total. The average molecular weight is 401 g/mol. The van der Waals surface area contributed by atoms with Crippen LogP contribution in [0.15, 0.2) is 53.4 Å². The normalized spacial score (nSPS) is 23.4. The van der Waals surface area contributed by atoms with Crippen molar-refractivity contribution < 1.29 is 17.9 Å². The first-order valence-electron chi connectivity index (χ1n) is 9.52. The van der Waals surface area contributed by atoms with Gasteiger partial charge in [-0.3, -0.25) is 9.52 Å². The van der Waals surface area contributed by atoms with E-state index in [1.54, 1.807) is 36.4 Å². The third kappa shape index (κ3) is 3.85. The fraction of sp³-hybridized carbons (Fsp3) is 0.381. The SMILES string of the molecule is COc1ccc(S(=O)(=O)Nc2cccc(C(=O)N[C@H]3C[C@@H]4CC[C@@H]3C4)c2)cc1. The Morgan fingerprint density at radius 3 is 2.50 bits per heavy atom. The summed E-state index contributed by atoms with van der Waals surface area (Å²) in [4.78, 5) is 12.8. The van der Waals surface area contributed by atoms with Crippen LogP contribution in [-0.4, -0.2) is 27.5 Å². The lowest BCUT2D eigenvalue weighted by molar-refractivity contribution is 0.0923. The highest BCUT2D eigenvalue weighted by Gasteiger charge is 2.40. The van der Waals surface area contributed by atoms with Crippen LogP contribution in [0.4, 0.5) is 5.69 Å². The Bertz CT molecular complexity index is 972. The van der Waals surface area contributed by atoms with Crippen LogP contribution in [0.5, 0.6) is 5.75 Å². The number of anilines is 1. The van der Waals surface area contributed by atoms with Gasteiger partial charge in [0.25, 0.3) is 15.9 Å². The van der Waals surface area contributed by atoms with E-state index in [0.29, 0.717) is 22.9 Å². The molecule has 0 unspecified atom stereocenters. The number of nitrogens with one attached hydrogen (secondary N) is 2. The smallest absolute Gasteiger partial charge is 0.261 e. The summed E-state index contributed by atoms with van der Waals surface area (Å²) < 4.78 is 32.8. The molecule has 2 saturated carbocycles. The van der Waals surface area contributed by atoms with Crippen molar-refractivity contribution in [2.75, 3.05) is 11.8 Å². The summed E-state index contributed by atoms with van der Waals surface area (Å²) in [6.45, 7) is 0. The fourth-order valence-corrected chi connectivity index (χ4v) is 5.42. The molecular formula is C21H24N2O4S. The van der Waals surface area contributed by atoms with E-state index >= 15 is 0 Å². The van der Waals surface area contributed by atoms with Crippen molar-refractivity contribution >= 4 is 21.6 Å². The van der Waals surface area contributed by atoms with Gasteiger partial charge in [0.15, 0.2) is 0 Å². The molecule has 28 heavy (non-hydrogen) atoms. The summed E-state index contributed by atoms with van der Waals surface area (Å²) >= 11 is 0. The summed E-state index contributed by atoms with van der Waals surface area (Å²) in [5.74, 6) is 1.77. The van der Waals surface area contributed by atoms with Crippen LogP contribution < -0.4 is 14.8 Å². The molecule has 1 amide bonds. The number of rotatable bonds is 6. The second-order valence-electron chi connectivity index (χ2n) is 7.62. The molecule has 148 valence electrons. The van der Waals surface area contributed by atoms with E-state index in [-0.39, 0.29) is 16.8 Å². The Morgan fingerprint density at radius 2 is 1.86 bits per heavy atom. The zero-order chi connectivity index (χ0) is 19.7. The summed E-state index contributed by atoms with van der Waals surface area (Å²) in [6, 6.07) is 13.0. The summed E-state index contributed by atoms with van der Waals surface area (Å²) in [7, 11) is -2.22. The maximum absolute atomic E-state index is 12.6. The van der Waals surface area contributed by atoms with Gasteiger partial charge in [-0.15, -0.1) is 0 Å². The second kappa shape index (κ2) is 7.47. The predicted octanol–water partition coefficient (Wildman–Crippen LogP) is 3.41. The zero-order valence-electron chi connectivity index (χ0n) is 15.7. The number of carbonyl (C=O) groups excluding carboxylic acids is 1. The number of hydrogen-bond donors (Lipinski definition) is 2. The zero-order valence-corrected chi connectivity index (χ0v) is 16.5. The van der Waals surface area contributed by atoms with E-state index in [0.717, 1.165) is 12.3 Å². The second-order valence-corrected chi connectivity index (χ2v) is 9.30. The van der Waals surface area contributed by atoms with Gasteiger partial charge in [-0.1, -0.05) is 12.5 Å². The highest BCUT2D eigenvalue weighted by Crippen LogP contribution is 2.44. The third-order valence-corrected chi connectivity index (χ3v) is 7.20. The van der Waals surface area contributed by atoms with Gasteiger partial charge in [0, 0.05) is 17.3 Å². The first-order chi connectivity index (χ1) is 13.4. The van der Waals surface area contributed by atoms with Crippen LogP contribution in [0.3, 0.4) is 0 Å². The molecule has 2 bridgehead atoms. The first kappa shape index (κ1) is 18.8. The van der Waals surface area contributed by atoms with Crippen molar-refractivity contribution in [1.82, 2.24) is 5.32 Å². The van der Waals surface area contributed by atoms with Crippen LogP contribution >= 0.6 is 0 Å². The van der Waals surface area contributed by atoms with Crippen molar-refractivity contribution in [3.8, 4) is 5.75 Å². The molecule has 2 aliphatic carbocycles. The molecule has 2 aromatic carbocycles. The topological polar surface area (TPSA) is 84.5 Å². The lowest BCUT2D eigenvalue weighted by Crippen LogP contribution is -2.38. The molecule has 2 aromatic rings. The van der Waals surface area contributed by atoms with Crippen molar-refractivity contribution in [3.05, 3.63) is 54.1 Å². The van der Waals surface area contributed by atoms with E-state index < -0.39 is 10.0 Å². The van der Waals surface area contributed by atoms with E-state index in [1.165, 1.54) is 38.5 Å². The van der Waals surface area contributed by atoms with Crippen molar-refractivity contribution in [1.29, 1.82) is 0 Å². The predicted molar refractivity (Wildman–Crippen MR) is 107 cm³/mol. The number of carbonyl (C=O) groups is 1. The molecule has 0 aliphatic heterocycles. The highest BCUT2D eigenvalue weighted by molar-refractivity contribution is 7.92. The summed E-state index contributed by atoms with van der Waals surface area (Å²) in [5.41, 5.74) is 0.814. The number of hydrogen-bond acceptors (Lipinski definition) is 4. The van der Waals surface area contributed by atoms with Gasteiger partial charge < -0.3 is 10.1 Å². The van der Waals surface area contributed by atoms with E-state index in [9.17, 15) is 13.2 Å². The molecule has 4 rings (SSSR count). The highest BCUT2D eigenvalue weighted by atomic mass is 32.2. The summed E-state index contributed by atoms with van der Waals surface area (Å²) in [5, 5.41) is 3.13. The molecule has 2 fully saturated rings. The van der Waals surface area contributed by atoms with Crippen LogP contribution in [0.25, 0.3) is 0 Å². The van der Waals surface area contributed by atoms with Crippen LogP contribution in [0.2, 0.25) is 0 Å². The summed E-state index contributed by atoms with van der Waals surface area (Å²) in [6.07, 6.45) is 4.74. The minimum Gasteiger partial charge on any atom is -0.497 e. The minimum absolute atomic E-state index is 0.130. The van der Waals surface area contributed by atoms with Crippen molar-refractivity contribution in [3.63, 3.8) is 0 Å². The largest absolute Gasteiger partial charge is 0.497 e. The lowest BCUT2D eigenvalue weighted by atomic mass is 9.95. The molecule has 7 heteroatoms. The molecule has 2 aliphatic rings. The molecular weight excluding hydrogens is 376 g/mol. The maximum Gasteiger partial charge on any atom is 0.261 e. The maximum atomic E-state index is 12.6. The Labute approximate surface area is 165 Å². The van der Waals surface area contributed by atoms with E-state index in [1.807, 2.05) is 0 Å². The van der Waals surface area contributed by atoms with Crippen molar-refractivity contribution in [2.24, 2.45) is 11.8 Å². The minimum atomic E-state index is -3.75. The standard InChI is InChI=1S/C21H24N2O4S/c1-27-18-7-9-19(10-8-18)28(25,26)23-17-4-2-3-16(13-17)21(24)22-20-12-14-5-6-15(20)11-14/h2-4,7-10,13-15,20,23H,5-6,11-12H2,1H3,(H,22,24)/t14-,15-,20+/m1/s1. The number of ether oxygens (including phenoxy) is 1. The number of sulfonamides is 1. The molecule has 6 nitrogen and oxygen atoms in total. The van der Waals surface area contributed by atoms with Crippen LogP contribution in [-0.2, 0) is 10.0 Å². The van der Waals surface area contributed by atoms with E-state index in [2.05, 4.69) is 10.0 Å². The number of amides is 1. The number of fused-ring (bicyclic) bond motifs is 2. The first-order valence-corrected chi connectivity index (χ1v) is 11.0. The monoisotopic (exact) mass is 400 g/mol. The van der Waals surface area contributed by atoms with Gasteiger partial charge in [0.1, 0.15) is 5.75 Å².